The van der Waals surface area contributed by atoms with Crippen molar-refractivity contribution in [2.24, 2.45) is 5.73 Å². The van der Waals surface area contributed by atoms with Crippen LogP contribution in [0.3, 0.4) is 0 Å². The van der Waals surface area contributed by atoms with Crippen LogP contribution < -0.4 is 11.5 Å². The normalized spacial score (nSPS) is 13.0. The molecule has 0 saturated carbocycles. The van der Waals surface area contributed by atoms with Crippen molar-refractivity contribution in [3.63, 3.8) is 0 Å². The summed E-state index contributed by atoms with van der Waals surface area (Å²) in [5.41, 5.74) is 13.0. The average molecular weight is 168 g/mol. The number of rotatable bonds is 1. The molecule has 0 amide bonds. The van der Waals surface area contributed by atoms with Crippen molar-refractivity contribution in [1.82, 2.24) is 0 Å². The Morgan fingerprint density at radius 1 is 1.42 bits per heavy atom. The number of benzene rings is 1. The number of nitrogen functional groups attached to an aromatic ring is 1. The Kier molecular flexibility index (Phi) is 2.33. The Morgan fingerprint density at radius 2 is 2.00 bits per heavy atom. The molecular weight excluding hydrogens is 155 g/mol. The van der Waals surface area contributed by atoms with Gasteiger partial charge in [0.25, 0.3) is 0 Å². The summed E-state index contributed by atoms with van der Waals surface area (Å²) in [7, 11) is 0. The summed E-state index contributed by atoms with van der Waals surface area (Å²) in [6.07, 6.45) is 0. The first-order valence-electron chi connectivity index (χ1n) is 3.83. The number of aryl methyl sites for hydroxylation is 1. The van der Waals surface area contributed by atoms with Gasteiger partial charge < -0.3 is 11.5 Å². The summed E-state index contributed by atoms with van der Waals surface area (Å²) < 4.78 is 12.9. The molecule has 0 aliphatic rings. The summed E-state index contributed by atoms with van der Waals surface area (Å²) in [5, 5.41) is 0. The average Bonchev–Trinajstić information content (AvgIpc) is 1.96. The van der Waals surface area contributed by atoms with Crippen molar-refractivity contribution in [2.75, 3.05) is 5.73 Å². The van der Waals surface area contributed by atoms with E-state index in [9.17, 15) is 4.39 Å². The molecule has 1 aromatic carbocycles. The van der Waals surface area contributed by atoms with Gasteiger partial charge in [-0.15, -0.1) is 0 Å². The summed E-state index contributed by atoms with van der Waals surface area (Å²) >= 11 is 0. The van der Waals surface area contributed by atoms with E-state index in [1.807, 2.05) is 6.92 Å². The van der Waals surface area contributed by atoms with Gasteiger partial charge in [0.2, 0.25) is 0 Å². The Labute approximate surface area is 71.4 Å². The van der Waals surface area contributed by atoms with Crippen LogP contribution in [0, 0.1) is 12.7 Å². The van der Waals surface area contributed by atoms with E-state index in [0.717, 1.165) is 5.56 Å². The van der Waals surface area contributed by atoms with Gasteiger partial charge in [0.05, 0.1) is 0 Å². The lowest BCUT2D eigenvalue weighted by atomic mass is 10.0. The molecule has 0 unspecified atom stereocenters. The fourth-order valence-corrected chi connectivity index (χ4v) is 1.11. The number of hydrogen-bond donors (Lipinski definition) is 2. The largest absolute Gasteiger partial charge is 0.398 e. The lowest BCUT2D eigenvalue weighted by Gasteiger charge is -2.10. The molecule has 2 nitrogen and oxygen atoms in total. The summed E-state index contributed by atoms with van der Waals surface area (Å²) in [5.74, 6) is -0.281. The highest BCUT2D eigenvalue weighted by Crippen LogP contribution is 2.21. The van der Waals surface area contributed by atoms with Crippen molar-refractivity contribution >= 4 is 5.69 Å². The van der Waals surface area contributed by atoms with Gasteiger partial charge in [0.1, 0.15) is 5.82 Å². The van der Waals surface area contributed by atoms with Gasteiger partial charge in [-0.25, -0.2) is 4.39 Å². The van der Waals surface area contributed by atoms with Gasteiger partial charge >= 0.3 is 0 Å². The highest BCUT2D eigenvalue weighted by Gasteiger charge is 2.07. The minimum absolute atomic E-state index is 0.149. The van der Waals surface area contributed by atoms with Gasteiger partial charge in [-0.05, 0) is 37.1 Å². The molecule has 0 radical (unpaired) electrons. The highest BCUT2D eigenvalue weighted by atomic mass is 19.1. The molecule has 1 atom stereocenters. The number of hydrogen-bond acceptors (Lipinski definition) is 2. The second kappa shape index (κ2) is 3.11. The first-order chi connectivity index (χ1) is 5.52. The molecule has 0 aliphatic carbocycles. The van der Waals surface area contributed by atoms with Gasteiger partial charge in [-0.1, -0.05) is 0 Å². The van der Waals surface area contributed by atoms with Crippen LogP contribution in [-0.4, -0.2) is 0 Å². The molecule has 1 rings (SSSR count). The van der Waals surface area contributed by atoms with E-state index in [2.05, 4.69) is 0 Å². The van der Waals surface area contributed by atoms with E-state index >= 15 is 0 Å². The summed E-state index contributed by atoms with van der Waals surface area (Å²) in [4.78, 5) is 0. The van der Waals surface area contributed by atoms with Gasteiger partial charge in [-0.2, -0.15) is 0 Å². The standard InChI is InChI=1S/C9H13FN2/c1-5-3-7(6(2)11)9(12)4-8(5)10/h3-4,6H,11-12H2,1-2H3/t6-/m1/s1. The molecular formula is C9H13FN2. The third kappa shape index (κ3) is 1.56. The van der Waals surface area contributed by atoms with E-state index in [1.165, 1.54) is 6.07 Å². The second-order valence-electron chi connectivity index (χ2n) is 3.02. The van der Waals surface area contributed by atoms with E-state index < -0.39 is 0 Å². The number of halogens is 1. The lowest BCUT2D eigenvalue weighted by Crippen LogP contribution is -2.09. The van der Waals surface area contributed by atoms with E-state index in [1.54, 1.807) is 13.0 Å². The van der Waals surface area contributed by atoms with Crippen LogP contribution in [0.1, 0.15) is 24.1 Å². The van der Waals surface area contributed by atoms with Gasteiger partial charge in [-0.3, -0.25) is 0 Å². The fourth-order valence-electron chi connectivity index (χ4n) is 1.11. The molecule has 0 saturated heterocycles. The third-order valence-corrected chi connectivity index (χ3v) is 1.85. The molecule has 0 heterocycles. The van der Waals surface area contributed by atoms with Crippen molar-refractivity contribution in [3.05, 3.63) is 29.1 Å². The van der Waals surface area contributed by atoms with Crippen molar-refractivity contribution in [2.45, 2.75) is 19.9 Å². The van der Waals surface area contributed by atoms with Crippen LogP contribution in [0.15, 0.2) is 12.1 Å². The van der Waals surface area contributed by atoms with Crippen LogP contribution in [0.25, 0.3) is 0 Å². The molecule has 0 aromatic heterocycles. The molecule has 12 heavy (non-hydrogen) atoms. The lowest BCUT2D eigenvalue weighted by molar-refractivity contribution is 0.617. The smallest absolute Gasteiger partial charge is 0.128 e. The topological polar surface area (TPSA) is 52.0 Å². The first kappa shape index (κ1) is 9.00. The molecule has 0 fully saturated rings. The molecule has 4 N–H and O–H groups in total. The zero-order valence-electron chi connectivity index (χ0n) is 7.26. The molecule has 66 valence electrons. The molecule has 0 spiro atoms. The predicted octanol–water partition coefficient (Wildman–Crippen LogP) is 1.74. The molecule has 3 heteroatoms. The zero-order chi connectivity index (χ0) is 9.30. The Balaban J connectivity index is 3.23. The van der Waals surface area contributed by atoms with Crippen LogP contribution in [0.5, 0.6) is 0 Å². The maximum Gasteiger partial charge on any atom is 0.128 e. The fraction of sp³-hybridized carbons (Fsp3) is 0.333. The van der Waals surface area contributed by atoms with E-state index in [-0.39, 0.29) is 11.9 Å². The first-order valence-corrected chi connectivity index (χ1v) is 3.83. The summed E-state index contributed by atoms with van der Waals surface area (Å²) in [6, 6.07) is 2.85. The molecule has 1 aromatic rings. The van der Waals surface area contributed by atoms with Crippen molar-refractivity contribution in [3.8, 4) is 0 Å². The zero-order valence-corrected chi connectivity index (χ0v) is 7.26. The van der Waals surface area contributed by atoms with Crippen molar-refractivity contribution < 1.29 is 4.39 Å². The Morgan fingerprint density at radius 3 is 2.50 bits per heavy atom. The van der Waals surface area contributed by atoms with Crippen LogP contribution in [0.2, 0.25) is 0 Å². The second-order valence-corrected chi connectivity index (χ2v) is 3.02. The van der Waals surface area contributed by atoms with Gasteiger partial charge in [0.15, 0.2) is 0 Å². The quantitative estimate of drug-likeness (QED) is 0.627. The van der Waals surface area contributed by atoms with Gasteiger partial charge in [0, 0.05) is 11.7 Å². The summed E-state index contributed by atoms with van der Waals surface area (Å²) in [6.45, 7) is 3.52. The number of anilines is 1. The van der Waals surface area contributed by atoms with Crippen LogP contribution >= 0.6 is 0 Å². The predicted molar refractivity (Wildman–Crippen MR) is 48.2 cm³/mol. The van der Waals surface area contributed by atoms with E-state index in [0.29, 0.717) is 11.3 Å². The SMILES string of the molecule is Cc1cc([C@@H](C)N)c(N)cc1F. The third-order valence-electron chi connectivity index (χ3n) is 1.85. The molecule has 0 aliphatic heterocycles. The monoisotopic (exact) mass is 168 g/mol. The maximum atomic E-state index is 12.9. The highest BCUT2D eigenvalue weighted by molar-refractivity contribution is 5.50. The van der Waals surface area contributed by atoms with E-state index in [4.69, 9.17) is 11.5 Å². The Bertz CT molecular complexity index is 295. The maximum absolute atomic E-state index is 12.9. The minimum Gasteiger partial charge on any atom is -0.398 e. The minimum atomic E-state index is -0.281. The molecule has 0 bridgehead atoms. The number of nitrogens with two attached hydrogens (primary N) is 2. The van der Waals surface area contributed by atoms with Crippen molar-refractivity contribution in [1.29, 1.82) is 0 Å². The van der Waals surface area contributed by atoms with Crippen LogP contribution in [0.4, 0.5) is 10.1 Å². The van der Waals surface area contributed by atoms with Crippen LogP contribution in [-0.2, 0) is 0 Å². The Hall–Kier alpha value is -1.09.